The first-order valence-electron chi connectivity index (χ1n) is 7.95. The second kappa shape index (κ2) is 6.02. The van der Waals surface area contributed by atoms with Crippen LogP contribution in [-0.2, 0) is 21.7 Å². The summed E-state index contributed by atoms with van der Waals surface area (Å²) in [6.45, 7) is 2.12. The van der Waals surface area contributed by atoms with Crippen molar-refractivity contribution in [2.75, 3.05) is 18.8 Å². The van der Waals surface area contributed by atoms with Gasteiger partial charge in [-0.1, -0.05) is 42.5 Å². The molecule has 1 amide bonds. The highest BCUT2D eigenvalue weighted by molar-refractivity contribution is 8.00. The molecular formula is C19H19NO2S. The number of ether oxygens (including phenoxy) is 1. The molecule has 1 fully saturated rings. The molecule has 0 aliphatic carbocycles. The van der Waals surface area contributed by atoms with E-state index in [-0.39, 0.29) is 11.5 Å². The van der Waals surface area contributed by atoms with Crippen molar-refractivity contribution in [2.24, 2.45) is 0 Å². The van der Waals surface area contributed by atoms with Gasteiger partial charge in [-0.2, -0.15) is 0 Å². The number of carbonyl (C=O) groups is 1. The van der Waals surface area contributed by atoms with Crippen molar-refractivity contribution in [3.05, 3.63) is 65.7 Å². The lowest BCUT2D eigenvalue weighted by Gasteiger charge is -2.24. The molecule has 2 heterocycles. The third-order valence-corrected chi connectivity index (χ3v) is 5.70. The Hall–Kier alpha value is -1.78. The molecule has 2 aliphatic heterocycles. The predicted octanol–water partition coefficient (Wildman–Crippen LogP) is 3.44. The highest BCUT2D eigenvalue weighted by Crippen LogP contribution is 2.43. The van der Waals surface area contributed by atoms with E-state index in [0.717, 1.165) is 17.9 Å². The van der Waals surface area contributed by atoms with Crippen LogP contribution in [0.1, 0.15) is 17.5 Å². The molecule has 2 aromatic rings. The van der Waals surface area contributed by atoms with Crippen LogP contribution in [0.15, 0.2) is 59.5 Å². The number of carbonyl (C=O) groups excluding carboxylic acids is 1. The number of thioether (sulfide) groups is 1. The number of fused-ring (bicyclic) bond motifs is 2. The largest absolute Gasteiger partial charge is 0.364 e. The predicted molar refractivity (Wildman–Crippen MR) is 91.3 cm³/mol. The minimum atomic E-state index is -0.274. The van der Waals surface area contributed by atoms with Crippen molar-refractivity contribution < 1.29 is 9.53 Å². The molecule has 1 spiro atoms. The number of benzene rings is 2. The second-order valence-corrected chi connectivity index (χ2v) is 7.16. The van der Waals surface area contributed by atoms with Crippen molar-refractivity contribution in [2.45, 2.75) is 23.5 Å². The Morgan fingerprint density at radius 2 is 1.91 bits per heavy atom. The minimum Gasteiger partial charge on any atom is -0.364 e. The van der Waals surface area contributed by atoms with Gasteiger partial charge in [0.25, 0.3) is 0 Å². The lowest BCUT2D eigenvalue weighted by Crippen LogP contribution is -2.35. The van der Waals surface area contributed by atoms with E-state index in [4.69, 9.17) is 4.74 Å². The van der Waals surface area contributed by atoms with E-state index in [0.29, 0.717) is 18.9 Å². The van der Waals surface area contributed by atoms with Gasteiger partial charge in [0.1, 0.15) is 5.60 Å². The summed E-state index contributed by atoms with van der Waals surface area (Å²) in [5.74, 6) is 0.686. The standard InChI is InChI=1S/C19H19NO2S/c21-18(13-23-16-7-2-1-3-8-16)20-11-10-19(14-20)17-9-5-4-6-15(17)12-22-19/h1-9H,10-14H2/t19-/m1/s1. The average Bonchev–Trinajstić information content (AvgIpc) is 3.20. The first-order chi connectivity index (χ1) is 11.3. The molecule has 1 atom stereocenters. The topological polar surface area (TPSA) is 29.5 Å². The molecule has 0 radical (unpaired) electrons. The Kier molecular flexibility index (Phi) is 3.87. The van der Waals surface area contributed by atoms with Crippen LogP contribution in [0.25, 0.3) is 0 Å². The molecule has 3 nitrogen and oxygen atoms in total. The van der Waals surface area contributed by atoms with Crippen molar-refractivity contribution in [1.29, 1.82) is 0 Å². The normalized spacial score (nSPS) is 22.5. The van der Waals surface area contributed by atoms with Gasteiger partial charge in [0.15, 0.2) is 0 Å². The van der Waals surface area contributed by atoms with Gasteiger partial charge in [-0.25, -0.2) is 0 Å². The van der Waals surface area contributed by atoms with Gasteiger partial charge in [0.05, 0.1) is 18.9 Å². The highest BCUT2D eigenvalue weighted by atomic mass is 32.2. The third kappa shape index (κ3) is 2.77. The lowest BCUT2D eigenvalue weighted by molar-refractivity contribution is -0.128. The molecule has 4 heteroatoms. The van der Waals surface area contributed by atoms with Crippen molar-refractivity contribution in [3.63, 3.8) is 0 Å². The first kappa shape index (κ1) is 14.8. The fraction of sp³-hybridized carbons (Fsp3) is 0.316. The SMILES string of the molecule is O=C(CSc1ccccc1)N1CC[C@]2(C1)OCc1ccccc12. The van der Waals surface area contributed by atoms with Gasteiger partial charge in [-0.15, -0.1) is 11.8 Å². The summed E-state index contributed by atoms with van der Waals surface area (Å²) >= 11 is 1.60. The number of hydrogen-bond acceptors (Lipinski definition) is 3. The average molecular weight is 325 g/mol. The molecule has 0 N–H and O–H groups in total. The van der Waals surface area contributed by atoms with Gasteiger partial charge < -0.3 is 9.64 Å². The lowest BCUT2D eigenvalue weighted by atomic mass is 9.92. The fourth-order valence-corrected chi connectivity index (χ4v) is 4.29. The van der Waals surface area contributed by atoms with Crippen LogP contribution in [-0.4, -0.2) is 29.6 Å². The Morgan fingerprint density at radius 3 is 2.78 bits per heavy atom. The molecule has 0 aromatic heterocycles. The van der Waals surface area contributed by atoms with Crippen LogP contribution in [0.3, 0.4) is 0 Å². The van der Waals surface area contributed by atoms with Crippen molar-refractivity contribution in [3.8, 4) is 0 Å². The van der Waals surface area contributed by atoms with E-state index in [9.17, 15) is 4.79 Å². The molecule has 118 valence electrons. The van der Waals surface area contributed by atoms with Gasteiger partial charge in [0.2, 0.25) is 5.91 Å². The van der Waals surface area contributed by atoms with Crippen molar-refractivity contribution in [1.82, 2.24) is 4.90 Å². The minimum absolute atomic E-state index is 0.198. The summed E-state index contributed by atoms with van der Waals surface area (Å²) in [6, 6.07) is 18.5. The molecule has 1 saturated heterocycles. The molecule has 23 heavy (non-hydrogen) atoms. The molecule has 0 bridgehead atoms. The van der Waals surface area contributed by atoms with Crippen LogP contribution < -0.4 is 0 Å². The zero-order valence-corrected chi connectivity index (χ0v) is 13.7. The van der Waals surface area contributed by atoms with Crippen LogP contribution >= 0.6 is 11.8 Å². The molecule has 2 aliphatic rings. The van der Waals surface area contributed by atoms with Gasteiger partial charge in [-0.05, 0) is 29.7 Å². The molecule has 2 aromatic carbocycles. The van der Waals surface area contributed by atoms with E-state index in [2.05, 4.69) is 24.3 Å². The number of nitrogens with zero attached hydrogens (tertiary/aromatic N) is 1. The Bertz CT molecular complexity index is 718. The molecular weight excluding hydrogens is 306 g/mol. The van der Waals surface area contributed by atoms with Crippen LogP contribution in [0.5, 0.6) is 0 Å². The van der Waals surface area contributed by atoms with Crippen LogP contribution in [0, 0.1) is 0 Å². The highest BCUT2D eigenvalue weighted by Gasteiger charge is 2.46. The van der Waals surface area contributed by atoms with E-state index in [1.165, 1.54) is 11.1 Å². The quantitative estimate of drug-likeness (QED) is 0.810. The molecule has 0 unspecified atom stereocenters. The first-order valence-corrected chi connectivity index (χ1v) is 8.93. The number of amides is 1. The van der Waals surface area contributed by atoms with E-state index < -0.39 is 0 Å². The smallest absolute Gasteiger partial charge is 0.233 e. The second-order valence-electron chi connectivity index (χ2n) is 6.11. The van der Waals surface area contributed by atoms with Gasteiger partial charge in [-0.3, -0.25) is 4.79 Å². The summed E-state index contributed by atoms with van der Waals surface area (Å²) in [7, 11) is 0. The monoisotopic (exact) mass is 325 g/mol. The number of rotatable bonds is 3. The summed E-state index contributed by atoms with van der Waals surface area (Å²) in [4.78, 5) is 15.6. The fourth-order valence-electron chi connectivity index (χ4n) is 3.47. The van der Waals surface area contributed by atoms with E-state index in [1.54, 1.807) is 11.8 Å². The Balaban J connectivity index is 1.42. The maximum absolute atomic E-state index is 12.5. The Labute approximate surface area is 140 Å². The van der Waals surface area contributed by atoms with E-state index in [1.807, 2.05) is 35.2 Å². The summed E-state index contributed by atoms with van der Waals surface area (Å²) in [5, 5.41) is 0. The zero-order valence-electron chi connectivity index (χ0n) is 12.9. The maximum Gasteiger partial charge on any atom is 0.233 e. The third-order valence-electron chi connectivity index (χ3n) is 4.70. The van der Waals surface area contributed by atoms with Gasteiger partial charge in [0, 0.05) is 11.4 Å². The summed E-state index contributed by atoms with van der Waals surface area (Å²) < 4.78 is 6.11. The zero-order chi connectivity index (χ0) is 15.7. The number of likely N-dealkylation sites (tertiary alicyclic amines) is 1. The van der Waals surface area contributed by atoms with Crippen LogP contribution in [0.4, 0.5) is 0 Å². The molecule has 0 saturated carbocycles. The maximum atomic E-state index is 12.5. The van der Waals surface area contributed by atoms with Crippen molar-refractivity contribution >= 4 is 17.7 Å². The Morgan fingerprint density at radius 1 is 1.13 bits per heavy atom. The summed E-state index contributed by atoms with van der Waals surface area (Å²) in [6.07, 6.45) is 0.895. The van der Waals surface area contributed by atoms with E-state index >= 15 is 0 Å². The molecule has 4 rings (SSSR count). The van der Waals surface area contributed by atoms with Crippen LogP contribution in [0.2, 0.25) is 0 Å². The summed E-state index contributed by atoms with van der Waals surface area (Å²) in [5.41, 5.74) is 2.26. The van der Waals surface area contributed by atoms with Gasteiger partial charge >= 0.3 is 0 Å². The number of hydrogen-bond donors (Lipinski definition) is 0.